The number of aryl methyl sites for hydroxylation is 2. The molecule has 3 rings (SSSR count). The van der Waals surface area contributed by atoms with Crippen LogP contribution >= 0.6 is 0 Å². The van der Waals surface area contributed by atoms with Gasteiger partial charge in [-0.15, -0.1) is 0 Å². The van der Waals surface area contributed by atoms with E-state index >= 15 is 0 Å². The second-order valence-electron chi connectivity index (χ2n) is 5.49. The molecule has 3 heterocycles. The molecule has 2 N–H and O–H groups in total. The standard InChI is InChI=1S/C15H18N6O2/c1-9-5-7-21-12(8-9)17-10(2)13(21)14(22)16-6-4-11-18-19-15(23)20(11)3/h5,7-8H,4,6H2,1-3H3,(H,16,22)(H,19,23). The summed E-state index contributed by atoms with van der Waals surface area (Å²) in [6.45, 7) is 4.18. The number of H-pyrrole nitrogens is 1. The third-order valence-electron chi connectivity index (χ3n) is 3.78. The lowest BCUT2D eigenvalue weighted by molar-refractivity contribution is 0.0947. The van der Waals surface area contributed by atoms with E-state index in [1.54, 1.807) is 11.4 Å². The zero-order valence-corrected chi connectivity index (χ0v) is 13.3. The first-order valence-corrected chi connectivity index (χ1v) is 7.31. The van der Waals surface area contributed by atoms with Crippen LogP contribution in [-0.2, 0) is 13.5 Å². The summed E-state index contributed by atoms with van der Waals surface area (Å²) in [6.07, 6.45) is 2.31. The van der Waals surface area contributed by atoms with E-state index in [1.165, 1.54) is 4.57 Å². The van der Waals surface area contributed by atoms with Crippen LogP contribution in [0.1, 0.15) is 27.6 Å². The lowest BCUT2D eigenvalue weighted by Crippen LogP contribution is -2.28. The highest BCUT2D eigenvalue weighted by Crippen LogP contribution is 2.13. The molecule has 0 saturated heterocycles. The summed E-state index contributed by atoms with van der Waals surface area (Å²) in [5.41, 5.74) is 2.78. The van der Waals surface area contributed by atoms with Crippen LogP contribution in [0.3, 0.4) is 0 Å². The van der Waals surface area contributed by atoms with Gasteiger partial charge in [-0.2, -0.15) is 5.10 Å². The van der Waals surface area contributed by atoms with Gasteiger partial charge >= 0.3 is 5.69 Å². The van der Waals surface area contributed by atoms with E-state index in [2.05, 4.69) is 20.5 Å². The fraction of sp³-hybridized carbons (Fsp3) is 0.333. The van der Waals surface area contributed by atoms with Crippen LogP contribution in [0, 0.1) is 13.8 Å². The number of amides is 1. The number of imidazole rings is 1. The Morgan fingerprint density at radius 2 is 2.17 bits per heavy atom. The molecule has 1 amide bonds. The topological polar surface area (TPSA) is 97.1 Å². The van der Waals surface area contributed by atoms with Crippen molar-refractivity contribution in [3.8, 4) is 0 Å². The van der Waals surface area contributed by atoms with Crippen LogP contribution in [-0.4, -0.2) is 36.6 Å². The summed E-state index contributed by atoms with van der Waals surface area (Å²) in [7, 11) is 1.64. The molecule has 0 aliphatic heterocycles. The van der Waals surface area contributed by atoms with Gasteiger partial charge in [0, 0.05) is 26.2 Å². The van der Waals surface area contributed by atoms with Gasteiger partial charge in [-0.05, 0) is 31.5 Å². The van der Waals surface area contributed by atoms with E-state index in [4.69, 9.17) is 0 Å². The van der Waals surface area contributed by atoms with Crippen molar-refractivity contribution in [3.05, 3.63) is 51.6 Å². The summed E-state index contributed by atoms with van der Waals surface area (Å²) in [5, 5.41) is 9.13. The molecule has 23 heavy (non-hydrogen) atoms. The second kappa shape index (κ2) is 5.71. The number of hydrogen-bond donors (Lipinski definition) is 2. The number of carbonyl (C=O) groups excluding carboxylic acids is 1. The van der Waals surface area contributed by atoms with Gasteiger partial charge in [-0.3, -0.25) is 13.8 Å². The zero-order chi connectivity index (χ0) is 16.6. The minimum atomic E-state index is -0.265. The maximum absolute atomic E-state index is 12.4. The molecule has 0 fully saturated rings. The molecule has 0 bridgehead atoms. The summed E-state index contributed by atoms with van der Waals surface area (Å²) in [4.78, 5) is 28.1. The van der Waals surface area contributed by atoms with Crippen molar-refractivity contribution in [2.75, 3.05) is 6.54 Å². The molecule has 3 aromatic rings. The average molecular weight is 314 g/mol. The van der Waals surface area contributed by atoms with Crippen LogP contribution in [0.2, 0.25) is 0 Å². The number of fused-ring (bicyclic) bond motifs is 1. The van der Waals surface area contributed by atoms with Crippen molar-refractivity contribution in [3.63, 3.8) is 0 Å². The number of nitrogens with zero attached hydrogens (tertiary/aromatic N) is 4. The predicted molar refractivity (Wildman–Crippen MR) is 84.5 cm³/mol. The van der Waals surface area contributed by atoms with Crippen molar-refractivity contribution in [1.29, 1.82) is 0 Å². The fourth-order valence-corrected chi connectivity index (χ4v) is 2.51. The van der Waals surface area contributed by atoms with Crippen LogP contribution < -0.4 is 11.0 Å². The smallest absolute Gasteiger partial charge is 0.343 e. The molecule has 0 unspecified atom stereocenters. The molecule has 0 atom stereocenters. The van der Waals surface area contributed by atoms with Gasteiger partial charge < -0.3 is 5.32 Å². The molecule has 3 aromatic heterocycles. The molecule has 0 radical (unpaired) electrons. The van der Waals surface area contributed by atoms with Crippen LogP contribution in [0.4, 0.5) is 0 Å². The maximum atomic E-state index is 12.4. The first-order chi connectivity index (χ1) is 11.0. The molecule has 0 aromatic carbocycles. The summed E-state index contributed by atoms with van der Waals surface area (Å²) in [6, 6.07) is 3.87. The number of rotatable bonds is 4. The van der Waals surface area contributed by atoms with Crippen molar-refractivity contribution in [1.82, 2.24) is 29.5 Å². The number of pyridine rings is 1. The third-order valence-corrected chi connectivity index (χ3v) is 3.78. The van der Waals surface area contributed by atoms with Gasteiger partial charge in [0.2, 0.25) is 0 Å². The Hall–Kier alpha value is -2.90. The van der Waals surface area contributed by atoms with E-state index in [0.717, 1.165) is 11.2 Å². The Morgan fingerprint density at radius 1 is 1.39 bits per heavy atom. The van der Waals surface area contributed by atoms with Gasteiger partial charge in [0.1, 0.15) is 17.2 Å². The number of hydrogen-bond acceptors (Lipinski definition) is 4. The SMILES string of the molecule is Cc1ccn2c(C(=O)NCCc3n[nH]c(=O)n3C)c(C)nc2c1. The average Bonchev–Trinajstić information content (AvgIpc) is 2.99. The van der Waals surface area contributed by atoms with Crippen molar-refractivity contribution in [2.24, 2.45) is 7.05 Å². The Kier molecular flexibility index (Phi) is 3.73. The Bertz CT molecular complexity index is 933. The Morgan fingerprint density at radius 3 is 2.87 bits per heavy atom. The van der Waals surface area contributed by atoms with E-state index < -0.39 is 0 Å². The van der Waals surface area contributed by atoms with E-state index in [0.29, 0.717) is 30.2 Å². The van der Waals surface area contributed by atoms with Crippen LogP contribution in [0.5, 0.6) is 0 Å². The molecule has 0 spiro atoms. The lowest BCUT2D eigenvalue weighted by atomic mass is 10.3. The first-order valence-electron chi connectivity index (χ1n) is 7.31. The molecular weight excluding hydrogens is 296 g/mol. The number of aromatic amines is 1. The second-order valence-corrected chi connectivity index (χ2v) is 5.49. The molecule has 0 saturated carbocycles. The summed E-state index contributed by atoms with van der Waals surface area (Å²) in [5.74, 6) is 0.403. The van der Waals surface area contributed by atoms with Crippen molar-refractivity contribution in [2.45, 2.75) is 20.3 Å². The quantitative estimate of drug-likeness (QED) is 0.726. The Labute approximate surface area is 132 Å². The largest absolute Gasteiger partial charge is 0.350 e. The molecule has 8 heteroatoms. The normalized spacial score (nSPS) is 11.1. The van der Waals surface area contributed by atoms with Gasteiger partial charge in [-0.1, -0.05) is 0 Å². The van der Waals surface area contributed by atoms with Crippen LogP contribution in [0.25, 0.3) is 5.65 Å². The zero-order valence-electron chi connectivity index (χ0n) is 13.3. The van der Waals surface area contributed by atoms with Gasteiger partial charge in [0.25, 0.3) is 5.91 Å². The number of nitrogens with one attached hydrogen (secondary N) is 2. The fourth-order valence-electron chi connectivity index (χ4n) is 2.51. The van der Waals surface area contributed by atoms with Crippen molar-refractivity contribution < 1.29 is 4.79 Å². The monoisotopic (exact) mass is 314 g/mol. The third kappa shape index (κ3) is 2.75. The molecule has 120 valence electrons. The molecular formula is C15H18N6O2. The molecule has 0 aliphatic rings. The molecule has 0 aliphatic carbocycles. The maximum Gasteiger partial charge on any atom is 0.343 e. The van der Waals surface area contributed by atoms with E-state index in [-0.39, 0.29) is 11.6 Å². The number of aromatic nitrogens is 5. The van der Waals surface area contributed by atoms with E-state index in [9.17, 15) is 9.59 Å². The Balaban J connectivity index is 1.75. The highest BCUT2D eigenvalue weighted by molar-refractivity contribution is 5.94. The summed E-state index contributed by atoms with van der Waals surface area (Å²) >= 11 is 0. The lowest BCUT2D eigenvalue weighted by Gasteiger charge is -2.06. The van der Waals surface area contributed by atoms with Gasteiger partial charge in [0.05, 0.1) is 5.69 Å². The van der Waals surface area contributed by atoms with E-state index in [1.807, 2.05) is 32.2 Å². The highest BCUT2D eigenvalue weighted by atomic mass is 16.2. The predicted octanol–water partition coefficient (Wildman–Crippen LogP) is 0.345. The highest BCUT2D eigenvalue weighted by Gasteiger charge is 2.16. The number of carbonyl (C=O) groups is 1. The minimum absolute atomic E-state index is 0.195. The van der Waals surface area contributed by atoms with Crippen molar-refractivity contribution >= 4 is 11.6 Å². The van der Waals surface area contributed by atoms with Gasteiger partial charge in [0.15, 0.2) is 0 Å². The summed E-state index contributed by atoms with van der Waals surface area (Å²) < 4.78 is 3.20. The van der Waals surface area contributed by atoms with Crippen LogP contribution in [0.15, 0.2) is 23.1 Å². The first kappa shape index (κ1) is 15.0. The minimum Gasteiger partial charge on any atom is -0.350 e. The molecule has 8 nitrogen and oxygen atoms in total. The van der Waals surface area contributed by atoms with Gasteiger partial charge in [-0.25, -0.2) is 14.9 Å².